The first kappa shape index (κ1) is 17.7. The lowest BCUT2D eigenvalue weighted by Gasteiger charge is -2.17. The van der Waals surface area contributed by atoms with Crippen molar-refractivity contribution < 1.29 is 14.6 Å². The topological polar surface area (TPSA) is 100 Å². The molecule has 8 nitrogen and oxygen atoms in total. The van der Waals surface area contributed by atoms with Crippen LogP contribution in [0, 0.1) is 0 Å². The SMILES string of the molecule is O=C(O)c1ccc(Oc2nc(Nc3ccccc3)nc(N3CCCC3)n2)cc1. The van der Waals surface area contributed by atoms with E-state index in [4.69, 9.17) is 9.84 Å². The fourth-order valence-electron chi connectivity index (χ4n) is 2.93. The molecule has 0 radical (unpaired) electrons. The van der Waals surface area contributed by atoms with Gasteiger partial charge in [-0.25, -0.2) is 4.79 Å². The zero-order valence-corrected chi connectivity index (χ0v) is 15.1. The number of aromatic carboxylic acids is 1. The molecule has 1 aliphatic heterocycles. The van der Waals surface area contributed by atoms with Crippen molar-refractivity contribution in [3.8, 4) is 11.8 Å². The number of ether oxygens (including phenoxy) is 1. The number of carboxylic acid groups (broad SMARTS) is 1. The first-order valence-electron chi connectivity index (χ1n) is 9.02. The third-order valence-corrected chi connectivity index (χ3v) is 4.33. The summed E-state index contributed by atoms with van der Waals surface area (Å²) in [4.78, 5) is 26.4. The number of carbonyl (C=O) groups is 1. The van der Waals surface area contributed by atoms with Crippen molar-refractivity contribution in [3.63, 3.8) is 0 Å². The Morgan fingerprint density at radius 3 is 2.36 bits per heavy atom. The number of nitrogens with one attached hydrogen (secondary N) is 1. The van der Waals surface area contributed by atoms with Crippen LogP contribution in [0.1, 0.15) is 23.2 Å². The van der Waals surface area contributed by atoms with Gasteiger partial charge in [-0.05, 0) is 49.2 Å². The molecule has 4 rings (SSSR count). The van der Waals surface area contributed by atoms with Crippen LogP contribution in [0.25, 0.3) is 0 Å². The Morgan fingerprint density at radius 1 is 0.964 bits per heavy atom. The van der Waals surface area contributed by atoms with Crippen LogP contribution in [-0.2, 0) is 0 Å². The molecule has 1 saturated heterocycles. The molecule has 0 atom stereocenters. The molecular formula is C20H19N5O3. The number of carboxylic acids is 1. The van der Waals surface area contributed by atoms with Crippen LogP contribution in [0.4, 0.5) is 17.6 Å². The van der Waals surface area contributed by atoms with E-state index in [1.54, 1.807) is 12.1 Å². The summed E-state index contributed by atoms with van der Waals surface area (Å²) >= 11 is 0. The molecule has 0 amide bonds. The Labute approximate surface area is 161 Å². The highest BCUT2D eigenvalue weighted by molar-refractivity contribution is 5.87. The zero-order valence-electron chi connectivity index (χ0n) is 15.1. The van der Waals surface area contributed by atoms with Gasteiger partial charge < -0.3 is 20.1 Å². The quantitative estimate of drug-likeness (QED) is 0.671. The lowest BCUT2D eigenvalue weighted by Crippen LogP contribution is -2.21. The number of nitrogens with zero attached hydrogens (tertiary/aromatic N) is 4. The average Bonchev–Trinajstić information content (AvgIpc) is 3.24. The lowest BCUT2D eigenvalue weighted by molar-refractivity contribution is 0.0697. The summed E-state index contributed by atoms with van der Waals surface area (Å²) in [6, 6.07) is 15.9. The van der Waals surface area contributed by atoms with Gasteiger partial charge in [-0.3, -0.25) is 0 Å². The van der Waals surface area contributed by atoms with Crippen LogP contribution in [0.2, 0.25) is 0 Å². The van der Waals surface area contributed by atoms with E-state index in [2.05, 4.69) is 25.2 Å². The predicted octanol–water partition coefficient (Wildman–Crippen LogP) is 3.71. The Bertz CT molecular complexity index is 957. The van der Waals surface area contributed by atoms with Crippen molar-refractivity contribution in [1.82, 2.24) is 15.0 Å². The van der Waals surface area contributed by atoms with Crippen LogP contribution in [0.5, 0.6) is 11.8 Å². The standard InChI is InChI=1S/C20H19N5O3/c26-17(27)14-8-10-16(11-9-14)28-20-23-18(21-15-6-2-1-3-7-15)22-19(24-20)25-12-4-5-13-25/h1-3,6-11H,4-5,12-13H2,(H,26,27)(H,21,22,23,24). The molecule has 1 aromatic heterocycles. The molecule has 2 N–H and O–H groups in total. The molecule has 2 aromatic carbocycles. The zero-order chi connectivity index (χ0) is 19.3. The van der Waals surface area contributed by atoms with Gasteiger partial charge in [0.15, 0.2) is 0 Å². The Morgan fingerprint density at radius 2 is 1.68 bits per heavy atom. The van der Waals surface area contributed by atoms with E-state index in [0.717, 1.165) is 31.6 Å². The maximum Gasteiger partial charge on any atom is 0.335 e. The first-order valence-corrected chi connectivity index (χ1v) is 9.02. The maximum absolute atomic E-state index is 11.0. The van der Waals surface area contributed by atoms with Crippen LogP contribution in [0.15, 0.2) is 54.6 Å². The second kappa shape index (κ2) is 7.91. The highest BCUT2D eigenvalue weighted by Gasteiger charge is 2.18. The predicted molar refractivity (Wildman–Crippen MR) is 104 cm³/mol. The van der Waals surface area contributed by atoms with E-state index in [1.807, 2.05) is 30.3 Å². The molecular weight excluding hydrogens is 358 g/mol. The molecule has 0 unspecified atom stereocenters. The van der Waals surface area contributed by atoms with Gasteiger partial charge in [0.25, 0.3) is 0 Å². The number of anilines is 3. The second-order valence-corrected chi connectivity index (χ2v) is 6.36. The van der Waals surface area contributed by atoms with E-state index in [9.17, 15) is 4.79 Å². The van der Waals surface area contributed by atoms with Crippen LogP contribution >= 0.6 is 0 Å². The number of para-hydroxylation sites is 1. The molecule has 2 heterocycles. The third kappa shape index (κ3) is 4.17. The summed E-state index contributed by atoms with van der Waals surface area (Å²) in [6.45, 7) is 1.78. The minimum absolute atomic E-state index is 0.151. The fourth-order valence-corrected chi connectivity index (χ4v) is 2.93. The van der Waals surface area contributed by atoms with E-state index in [1.165, 1.54) is 12.1 Å². The maximum atomic E-state index is 11.0. The average molecular weight is 377 g/mol. The van der Waals surface area contributed by atoms with Crippen LogP contribution < -0.4 is 15.0 Å². The number of hydrogen-bond acceptors (Lipinski definition) is 7. The van der Waals surface area contributed by atoms with Crippen molar-refractivity contribution in [1.29, 1.82) is 0 Å². The van der Waals surface area contributed by atoms with Crippen molar-refractivity contribution in [2.45, 2.75) is 12.8 Å². The molecule has 0 aliphatic carbocycles. The van der Waals surface area contributed by atoms with Crippen molar-refractivity contribution in [2.24, 2.45) is 0 Å². The molecule has 0 bridgehead atoms. The monoisotopic (exact) mass is 377 g/mol. The molecule has 142 valence electrons. The number of rotatable bonds is 6. The third-order valence-electron chi connectivity index (χ3n) is 4.33. The first-order chi connectivity index (χ1) is 13.7. The Balaban J connectivity index is 1.62. The van der Waals surface area contributed by atoms with Crippen LogP contribution in [-0.4, -0.2) is 39.1 Å². The summed E-state index contributed by atoms with van der Waals surface area (Å²) in [7, 11) is 0. The highest BCUT2D eigenvalue weighted by Crippen LogP contribution is 2.25. The van der Waals surface area contributed by atoms with E-state index < -0.39 is 5.97 Å². The smallest absolute Gasteiger partial charge is 0.335 e. The van der Waals surface area contributed by atoms with Gasteiger partial charge >= 0.3 is 12.0 Å². The lowest BCUT2D eigenvalue weighted by atomic mass is 10.2. The summed E-state index contributed by atoms with van der Waals surface area (Å²) in [6.07, 6.45) is 2.19. The van der Waals surface area contributed by atoms with Gasteiger partial charge in [0.2, 0.25) is 11.9 Å². The minimum atomic E-state index is -0.989. The van der Waals surface area contributed by atoms with Crippen molar-refractivity contribution >= 4 is 23.6 Å². The van der Waals surface area contributed by atoms with Gasteiger partial charge in [-0.2, -0.15) is 15.0 Å². The van der Waals surface area contributed by atoms with E-state index >= 15 is 0 Å². The second-order valence-electron chi connectivity index (χ2n) is 6.36. The largest absolute Gasteiger partial charge is 0.478 e. The van der Waals surface area contributed by atoms with E-state index in [-0.39, 0.29) is 11.6 Å². The minimum Gasteiger partial charge on any atom is -0.478 e. The summed E-state index contributed by atoms with van der Waals surface area (Å²) < 4.78 is 5.77. The highest BCUT2D eigenvalue weighted by atomic mass is 16.5. The van der Waals surface area contributed by atoms with Gasteiger partial charge in [0, 0.05) is 18.8 Å². The van der Waals surface area contributed by atoms with E-state index in [0.29, 0.717) is 17.6 Å². The number of aromatic nitrogens is 3. The summed E-state index contributed by atoms with van der Waals surface area (Å²) in [5.41, 5.74) is 1.05. The number of hydrogen-bond donors (Lipinski definition) is 2. The molecule has 1 fully saturated rings. The molecule has 3 aromatic rings. The molecule has 0 saturated carbocycles. The molecule has 8 heteroatoms. The number of benzene rings is 2. The van der Waals surface area contributed by atoms with Gasteiger partial charge in [-0.1, -0.05) is 18.2 Å². The molecule has 0 spiro atoms. The molecule has 1 aliphatic rings. The molecule has 28 heavy (non-hydrogen) atoms. The normalized spacial score (nSPS) is 13.4. The Hall–Kier alpha value is -3.68. The summed E-state index contributed by atoms with van der Waals surface area (Å²) in [5, 5.41) is 12.2. The fraction of sp³-hybridized carbons (Fsp3) is 0.200. The summed E-state index contributed by atoms with van der Waals surface area (Å²) in [5.74, 6) is 0.412. The van der Waals surface area contributed by atoms with Crippen molar-refractivity contribution in [3.05, 3.63) is 60.2 Å². The van der Waals surface area contributed by atoms with Gasteiger partial charge in [0.1, 0.15) is 5.75 Å². The van der Waals surface area contributed by atoms with Crippen LogP contribution in [0.3, 0.4) is 0 Å². The Kier molecular flexibility index (Phi) is 5.01. The van der Waals surface area contributed by atoms with Crippen molar-refractivity contribution in [2.75, 3.05) is 23.3 Å². The van der Waals surface area contributed by atoms with Gasteiger partial charge in [0.05, 0.1) is 5.56 Å². The van der Waals surface area contributed by atoms with Gasteiger partial charge in [-0.15, -0.1) is 0 Å².